The summed E-state index contributed by atoms with van der Waals surface area (Å²) in [5.41, 5.74) is -0.0726. The number of amides is 1. The van der Waals surface area contributed by atoms with Crippen molar-refractivity contribution in [3.05, 3.63) is 0 Å². The van der Waals surface area contributed by atoms with Crippen LogP contribution in [-0.2, 0) is 9.47 Å². The molecule has 1 heterocycles. The molecule has 0 aromatic carbocycles. The highest BCUT2D eigenvalue weighted by Gasteiger charge is 2.26. The molecule has 0 aromatic rings. The van der Waals surface area contributed by atoms with E-state index in [0.29, 0.717) is 12.0 Å². The largest absolute Gasteiger partial charge is 0.444 e. The minimum absolute atomic E-state index is 0.339. The van der Waals surface area contributed by atoms with Gasteiger partial charge in [-0.15, -0.1) is 0 Å². The average molecular weight is 286 g/mol. The molecular weight excluding hydrogens is 256 g/mol. The summed E-state index contributed by atoms with van der Waals surface area (Å²) in [7, 11) is 0. The molecule has 2 N–H and O–H groups in total. The van der Waals surface area contributed by atoms with Crippen molar-refractivity contribution in [1.29, 1.82) is 0 Å². The zero-order valence-corrected chi connectivity index (χ0v) is 13.4. The van der Waals surface area contributed by atoms with Crippen molar-refractivity contribution < 1.29 is 14.3 Å². The first kappa shape index (κ1) is 17.2. The van der Waals surface area contributed by atoms with Crippen molar-refractivity contribution in [3.8, 4) is 0 Å². The van der Waals surface area contributed by atoms with Crippen LogP contribution in [0.15, 0.2) is 0 Å². The summed E-state index contributed by atoms with van der Waals surface area (Å²) < 4.78 is 10.6. The van der Waals surface area contributed by atoms with Crippen molar-refractivity contribution in [3.63, 3.8) is 0 Å². The maximum atomic E-state index is 11.4. The van der Waals surface area contributed by atoms with Crippen LogP contribution in [0.25, 0.3) is 0 Å². The number of hydrogen-bond donors (Lipinski definition) is 2. The van der Waals surface area contributed by atoms with Crippen molar-refractivity contribution >= 4 is 6.09 Å². The maximum absolute atomic E-state index is 11.4. The summed E-state index contributed by atoms with van der Waals surface area (Å²) in [6, 6.07) is 0. The first-order chi connectivity index (χ1) is 9.31. The van der Waals surface area contributed by atoms with E-state index >= 15 is 0 Å². The van der Waals surface area contributed by atoms with Crippen LogP contribution in [0.2, 0.25) is 0 Å². The van der Waals surface area contributed by atoms with Gasteiger partial charge >= 0.3 is 6.09 Å². The Morgan fingerprint density at radius 1 is 1.25 bits per heavy atom. The van der Waals surface area contributed by atoms with Crippen molar-refractivity contribution in [2.75, 3.05) is 32.8 Å². The summed E-state index contributed by atoms with van der Waals surface area (Å²) in [6.07, 6.45) is 2.81. The van der Waals surface area contributed by atoms with Gasteiger partial charge in [-0.2, -0.15) is 0 Å². The van der Waals surface area contributed by atoms with Gasteiger partial charge in [0.1, 0.15) is 5.60 Å². The number of carbonyl (C=O) groups is 1. The first-order valence-electron chi connectivity index (χ1n) is 7.56. The van der Waals surface area contributed by atoms with Gasteiger partial charge in [0, 0.05) is 26.3 Å². The van der Waals surface area contributed by atoms with Crippen molar-refractivity contribution in [2.24, 2.45) is 5.41 Å². The van der Waals surface area contributed by atoms with E-state index in [1.165, 1.54) is 0 Å². The molecule has 0 aromatic heterocycles. The number of nitrogens with one attached hydrogen (secondary N) is 2. The molecule has 118 valence electrons. The van der Waals surface area contributed by atoms with Gasteiger partial charge in [0.2, 0.25) is 0 Å². The Morgan fingerprint density at radius 3 is 2.50 bits per heavy atom. The van der Waals surface area contributed by atoms with Gasteiger partial charge in [-0.25, -0.2) is 4.79 Å². The number of rotatable bonds is 6. The van der Waals surface area contributed by atoms with E-state index in [-0.39, 0.29) is 6.09 Å². The van der Waals surface area contributed by atoms with Crippen LogP contribution >= 0.6 is 0 Å². The second-order valence-electron chi connectivity index (χ2n) is 6.88. The van der Waals surface area contributed by atoms with Crippen LogP contribution in [0.5, 0.6) is 0 Å². The van der Waals surface area contributed by atoms with Crippen LogP contribution < -0.4 is 10.6 Å². The van der Waals surface area contributed by atoms with Gasteiger partial charge in [0.05, 0.1) is 0 Å². The smallest absolute Gasteiger partial charge is 0.407 e. The van der Waals surface area contributed by atoms with Crippen LogP contribution in [0.3, 0.4) is 0 Å². The molecule has 5 nitrogen and oxygen atoms in total. The topological polar surface area (TPSA) is 59.6 Å². The van der Waals surface area contributed by atoms with Crippen LogP contribution in [0.4, 0.5) is 4.79 Å². The molecule has 1 aliphatic heterocycles. The molecule has 1 fully saturated rings. The van der Waals surface area contributed by atoms with Gasteiger partial charge in [-0.05, 0) is 52.0 Å². The zero-order valence-electron chi connectivity index (χ0n) is 13.4. The van der Waals surface area contributed by atoms with E-state index in [1.54, 1.807) is 0 Å². The molecule has 0 unspecified atom stereocenters. The highest BCUT2D eigenvalue weighted by molar-refractivity contribution is 5.67. The molecular formula is C15H30N2O3. The predicted molar refractivity (Wildman–Crippen MR) is 79.9 cm³/mol. The Hall–Kier alpha value is -0.810. The highest BCUT2D eigenvalue weighted by atomic mass is 16.6. The Bertz CT molecular complexity index is 294. The predicted octanol–water partition coefficient (Wildman–Crippen LogP) is 2.31. The standard InChI is InChI=1S/C15H30N2O3/c1-14(2,3)20-13(18)17-9-5-8-16-12-15(4)6-10-19-11-7-15/h16H,5-12H2,1-4H3,(H,17,18). The monoisotopic (exact) mass is 286 g/mol. The molecule has 0 radical (unpaired) electrons. The third-order valence-corrected chi connectivity index (χ3v) is 3.45. The van der Waals surface area contributed by atoms with Crippen molar-refractivity contribution in [2.45, 2.75) is 52.6 Å². The molecule has 0 saturated carbocycles. The minimum atomic E-state index is -0.431. The van der Waals surface area contributed by atoms with E-state index in [1.807, 2.05) is 20.8 Å². The molecule has 0 bridgehead atoms. The lowest BCUT2D eigenvalue weighted by Gasteiger charge is -2.33. The van der Waals surface area contributed by atoms with E-state index in [0.717, 1.165) is 45.6 Å². The second kappa shape index (κ2) is 7.84. The number of hydrogen-bond acceptors (Lipinski definition) is 4. The summed E-state index contributed by atoms with van der Waals surface area (Å²) in [5, 5.41) is 6.24. The summed E-state index contributed by atoms with van der Waals surface area (Å²) >= 11 is 0. The normalized spacial score (nSPS) is 18.6. The molecule has 5 heteroatoms. The Kier molecular flexibility index (Phi) is 6.76. The lowest BCUT2D eigenvalue weighted by Crippen LogP contribution is -2.38. The molecule has 1 amide bonds. The molecule has 20 heavy (non-hydrogen) atoms. The third-order valence-electron chi connectivity index (χ3n) is 3.45. The molecule has 0 aliphatic carbocycles. The van der Waals surface area contributed by atoms with Gasteiger partial charge in [-0.3, -0.25) is 0 Å². The maximum Gasteiger partial charge on any atom is 0.407 e. The SMILES string of the molecule is CC1(CNCCCNC(=O)OC(C)(C)C)CCOCC1. The third kappa shape index (κ3) is 7.70. The first-order valence-corrected chi connectivity index (χ1v) is 7.56. The Morgan fingerprint density at radius 2 is 1.90 bits per heavy atom. The van der Waals surface area contributed by atoms with Gasteiger partial charge in [-0.1, -0.05) is 6.92 Å². The van der Waals surface area contributed by atoms with E-state index in [4.69, 9.17) is 9.47 Å². The fraction of sp³-hybridized carbons (Fsp3) is 0.933. The Labute approximate surface area is 122 Å². The summed E-state index contributed by atoms with van der Waals surface area (Å²) in [4.78, 5) is 11.4. The van der Waals surface area contributed by atoms with E-state index in [2.05, 4.69) is 17.6 Å². The quantitative estimate of drug-likeness (QED) is 0.736. The highest BCUT2D eigenvalue weighted by Crippen LogP contribution is 2.28. The van der Waals surface area contributed by atoms with Gasteiger partial charge in [0.25, 0.3) is 0 Å². The van der Waals surface area contributed by atoms with Crippen molar-refractivity contribution in [1.82, 2.24) is 10.6 Å². The molecule has 1 aliphatic rings. The molecule has 1 rings (SSSR count). The summed E-state index contributed by atoms with van der Waals surface area (Å²) in [6.45, 7) is 12.2. The second-order valence-corrected chi connectivity index (χ2v) is 6.88. The van der Waals surface area contributed by atoms with Gasteiger partial charge < -0.3 is 20.1 Å². The number of alkyl carbamates (subject to hydrolysis) is 1. The molecule has 0 spiro atoms. The Balaban J connectivity index is 2.01. The number of carbonyl (C=O) groups excluding carboxylic acids is 1. The van der Waals surface area contributed by atoms with E-state index < -0.39 is 5.60 Å². The average Bonchev–Trinajstić information content (AvgIpc) is 2.32. The fourth-order valence-corrected chi connectivity index (χ4v) is 2.15. The van der Waals surface area contributed by atoms with Crippen LogP contribution in [-0.4, -0.2) is 44.5 Å². The van der Waals surface area contributed by atoms with Gasteiger partial charge in [0.15, 0.2) is 0 Å². The van der Waals surface area contributed by atoms with Crippen LogP contribution in [0, 0.1) is 5.41 Å². The number of ether oxygens (including phenoxy) is 2. The minimum Gasteiger partial charge on any atom is -0.444 e. The zero-order chi connectivity index (χ0) is 15.1. The molecule has 0 atom stereocenters. The summed E-state index contributed by atoms with van der Waals surface area (Å²) in [5.74, 6) is 0. The van der Waals surface area contributed by atoms with E-state index in [9.17, 15) is 4.79 Å². The van der Waals surface area contributed by atoms with Crippen LogP contribution in [0.1, 0.15) is 47.0 Å². The lowest BCUT2D eigenvalue weighted by atomic mass is 9.82. The molecule has 1 saturated heterocycles. The lowest BCUT2D eigenvalue weighted by molar-refractivity contribution is 0.0241. The fourth-order valence-electron chi connectivity index (χ4n) is 2.15.